The van der Waals surface area contributed by atoms with Crippen LogP contribution in [0.2, 0.25) is 0 Å². The number of phenols is 1. The van der Waals surface area contributed by atoms with Crippen LogP contribution < -0.4 is 14.2 Å². The van der Waals surface area contributed by atoms with Gasteiger partial charge in [-0.05, 0) is 29.3 Å². The van der Waals surface area contributed by atoms with Crippen molar-refractivity contribution in [3.8, 4) is 23.0 Å². The summed E-state index contributed by atoms with van der Waals surface area (Å²) >= 11 is 0. The van der Waals surface area contributed by atoms with Crippen LogP contribution >= 0.6 is 0 Å². The molecule has 2 aliphatic heterocycles. The highest BCUT2D eigenvalue weighted by Gasteiger charge is 2.31. The smallest absolute Gasteiger partial charge is 0.231 e. The Hall–Kier alpha value is -2.40. The van der Waals surface area contributed by atoms with E-state index in [-0.39, 0.29) is 12.5 Å². The summed E-state index contributed by atoms with van der Waals surface area (Å²) in [6.45, 7) is 0.212. The van der Waals surface area contributed by atoms with Crippen LogP contribution in [0.25, 0.3) is 0 Å². The van der Waals surface area contributed by atoms with Gasteiger partial charge in [0.15, 0.2) is 11.5 Å². The quantitative estimate of drug-likeness (QED) is 0.841. The molecule has 2 aromatic rings. The number of aliphatic hydroxyl groups excluding tert-OH is 1. The average Bonchev–Trinajstić information content (AvgIpc) is 2.94. The van der Waals surface area contributed by atoms with Gasteiger partial charge >= 0.3 is 0 Å². The van der Waals surface area contributed by atoms with Gasteiger partial charge in [0.2, 0.25) is 6.79 Å². The van der Waals surface area contributed by atoms with Crippen molar-refractivity contribution in [3.63, 3.8) is 0 Å². The maximum absolute atomic E-state index is 10.3. The van der Waals surface area contributed by atoms with Crippen molar-refractivity contribution in [2.24, 2.45) is 0 Å². The highest BCUT2D eigenvalue weighted by Crippen LogP contribution is 2.40. The summed E-state index contributed by atoms with van der Waals surface area (Å²) in [5, 5.41) is 19.9. The number of benzene rings is 2. The summed E-state index contributed by atoms with van der Waals surface area (Å²) < 4.78 is 16.5. The fourth-order valence-electron chi connectivity index (χ4n) is 2.75. The summed E-state index contributed by atoms with van der Waals surface area (Å²) in [4.78, 5) is 0. The lowest BCUT2D eigenvalue weighted by Crippen LogP contribution is -2.30. The molecule has 5 nitrogen and oxygen atoms in total. The summed E-state index contributed by atoms with van der Waals surface area (Å²) in [7, 11) is 0. The Balaban J connectivity index is 1.69. The predicted octanol–water partition coefficient (Wildman–Crippen LogP) is 2.16. The molecule has 5 heteroatoms. The molecule has 2 aromatic carbocycles. The van der Waals surface area contributed by atoms with Crippen LogP contribution in [0.1, 0.15) is 17.2 Å². The Kier molecular flexibility index (Phi) is 2.68. The van der Waals surface area contributed by atoms with Crippen molar-refractivity contribution in [1.29, 1.82) is 0 Å². The molecule has 0 amide bonds. The summed E-state index contributed by atoms with van der Waals surface area (Å²) in [5.74, 6) is 2.10. The fourth-order valence-corrected chi connectivity index (χ4v) is 2.75. The van der Waals surface area contributed by atoms with E-state index < -0.39 is 12.2 Å². The van der Waals surface area contributed by atoms with Gasteiger partial charge in [-0.25, -0.2) is 0 Å². The van der Waals surface area contributed by atoms with Gasteiger partial charge in [-0.15, -0.1) is 0 Å². The van der Waals surface area contributed by atoms with Crippen molar-refractivity contribution >= 4 is 0 Å². The van der Waals surface area contributed by atoms with Crippen molar-refractivity contribution in [2.45, 2.75) is 18.6 Å². The molecule has 0 radical (unpaired) electrons. The monoisotopic (exact) mass is 286 g/mol. The van der Waals surface area contributed by atoms with Gasteiger partial charge in [-0.1, -0.05) is 12.1 Å². The lowest BCUT2D eigenvalue weighted by molar-refractivity contribution is 0.0206. The van der Waals surface area contributed by atoms with Gasteiger partial charge in [0.25, 0.3) is 0 Å². The zero-order valence-electron chi connectivity index (χ0n) is 11.2. The van der Waals surface area contributed by atoms with Crippen LogP contribution in [0.4, 0.5) is 0 Å². The van der Waals surface area contributed by atoms with Gasteiger partial charge in [-0.2, -0.15) is 0 Å². The molecule has 0 unspecified atom stereocenters. The first kappa shape index (κ1) is 12.3. The van der Waals surface area contributed by atoms with Gasteiger partial charge in [0.05, 0.1) is 6.10 Å². The molecule has 0 bridgehead atoms. The third-order valence-corrected chi connectivity index (χ3v) is 3.81. The largest absolute Gasteiger partial charge is 0.508 e. The Morgan fingerprint density at radius 3 is 2.71 bits per heavy atom. The molecule has 4 rings (SSSR count). The molecule has 0 spiro atoms. The van der Waals surface area contributed by atoms with Gasteiger partial charge in [0, 0.05) is 12.5 Å². The Morgan fingerprint density at radius 1 is 0.952 bits per heavy atom. The highest BCUT2D eigenvalue weighted by molar-refractivity contribution is 5.47. The molecule has 108 valence electrons. The van der Waals surface area contributed by atoms with Gasteiger partial charge < -0.3 is 24.4 Å². The Morgan fingerprint density at radius 2 is 1.81 bits per heavy atom. The van der Waals surface area contributed by atoms with Crippen molar-refractivity contribution in [3.05, 3.63) is 47.5 Å². The standard InChI is InChI=1S/C16H14O5/c17-11-3-1-9-5-12(18)16(21-14(9)7-11)10-2-4-13-15(6-10)20-8-19-13/h1-4,6-7,12,16-18H,5,8H2/t12-,16-/m1/s1. The van der Waals surface area contributed by atoms with Crippen LogP contribution in [0.5, 0.6) is 23.0 Å². The van der Waals surface area contributed by atoms with E-state index in [4.69, 9.17) is 14.2 Å². The first-order valence-corrected chi connectivity index (χ1v) is 6.77. The van der Waals surface area contributed by atoms with Crippen LogP contribution in [-0.4, -0.2) is 23.1 Å². The Bertz CT molecular complexity index is 697. The number of aliphatic hydroxyl groups is 1. The van der Waals surface area contributed by atoms with Crippen LogP contribution in [0.3, 0.4) is 0 Å². The highest BCUT2D eigenvalue weighted by atomic mass is 16.7. The normalized spacial score (nSPS) is 22.5. The minimum Gasteiger partial charge on any atom is -0.508 e. The molecule has 0 saturated carbocycles. The van der Waals surface area contributed by atoms with Crippen molar-refractivity contribution in [1.82, 2.24) is 0 Å². The van der Waals surface area contributed by atoms with Crippen LogP contribution in [0.15, 0.2) is 36.4 Å². The molecule has 21 heavy (non-hydrogen) atoms. The molecule has 2 N–H and O–H groups in total. The maximum Gasteiger partial charge on any atom is 0.231 e. The zero-order chi connectivity index (χ0) is 14.4. The van der Waals surface area contributed by atoms with Gasteiger partial charge in [-0.3, -0.25) is 0 Å². The summed E-state index contributed by atoms with van der Waals surface area (Å²) in [5.41, 5.74) is 1.71. The number of hydrogen-bond acceptors (Lipinski definition) is 5. The molecule has 0 aliphatic carbocycles. The molecule has 2 atom stereocenters. The zero-order valence-corrected chi connectivity index (χ0v) is 11.2. The van der Waals surface area contributed by atoms with Crippen LogP contribution in [0, 0.1) is 0 Å². The van der Waals surface area contributed by atoms with E-state index in [1.54, 1.807) is 18.2 Å². The minimum absolute atomic E-state index is 0.148. The number of aromatic hydroxyl groups is 1. The number of fused-ring (bicyclic) bond motifs is 2. The maximum atomic E-state index is 10.3. The third kappa shape index (κ3) is 2.06. The van der Waals surface area contributed by atoms with E-state index in [1.807, 2.05) is 18.2 Å². The van der Waals surface area contributed by atoms with E-state index in [0.29, 0.717) is 23.7 Å². The number of phenolic OH excluding ortho intramolecular Hbond substituents is 1. The van der Waals surface area contributed by atoms with E-state index in [0.717, 1.165) is 11.1 Å². The first-order valence-electron chi connectivity index (χ1n) is 6.77. The predicted molar refractivity (Wildman–Crippen MR) is 73.8 cm³/mol. The van der Waals surface area contributed by atoms with Crippen molar-refractivity contribution < 1.29 is 24.4 Å². The summed E-state index contributed by atoms with van der Waals surface area (Å²) in [6, 6.07) is 10.4. The molecule has 0 saturated heterocycles. The first-order chi connectivity index (χ1) is 10.2. The molecule has 2 aliphatic rings. The third-order valence-electron chi connectivity index (χ3n) is 3.81. The van der Waals surface area contributed by atoms with E-state index in [2.05, 4.69) is 0 Å². The number of ether oxygens (including phenoxy) is 3. The topological polar surface area (TPSA) is 68.2 Å². The fraction of sp³-hybridized carbons (Fsp3) is 0.250. The molecular formula is C16H14O5. The number of hydrogen-bond donors (Lipinski definition) is 2. The molecular weight excluding hydrogens is 272 g/mol. The second kappa shape index (κ2) is 4.56. The SMILES string of the molecule is Oc1ccc2c(c1)O[C@H](c1ccc3c(c1)OCO3)[C@H](O)C2. The second-order valence-corrected chi connectivity index (χ2v) is 5.21. The second-order valence-electron chi connectivity index (χ2n) is 5.21. The van der Waals surface area contributed by atoms with Crippen molar-refractivity contribution in [2.75, 3.05) is 6.79 Å². The average molecular weight is 286 g/mol. The van der Waals surface area contributed by atoms with Crippen LogP contribution in [-0.2, 0) is 6.42 Å². The van der Waals surface area contributed by atoms with E-state index in [9.17, 15) is 10.2 Å². The summed E-state index contributed by atoms with van der Waals surface area (Å²) in [6.07, 6.45) is -0.662. The lowest BCUT2D eigenvalue weighted by Gasteiger charge is -2.31. The van der Waals surface area contributed by atoms with E-state index >= 15 is 0 Å². The Labute approximate surface area is 121 Å². The lowest BCUT2D eigenvalue weighted by atomic mass is 9.94. The number of rotatable bonds is 1. The molecule has 0 aromatic heterocycles. The molecule has 2 heterocycles. The van der Waals surface area contributed by atoms with Gasteiger partial charge in [0.1, 0.15) is 17.6 Å². The minimum atomic E-state index is -0.651. The molecule has 0 fully saturated rings. The van der Waals surface area contributed by atoms with E-state index in [1.165, 1.54) is 0 Å².